The molecule has 1 heterocycles. The zero-order valence-corrected chi connectivity index (χ0v) is 14.5. The molecule has 0 atom stereocenters. The van der Waals surface area contributed by atoms with Crippen LogP contribution in [0.3, 0.4) is 0 Å². The van der Waals surface area contributed by atoms with E-state index >= 15 is 0 Å². The number of hydrogen-bond donors (Lipinski definition) is 1. The first-order chi connectivity index (χ1) is 9.58. The molecule has 108 valence electrons. The van der Waals surface area contributed by atoms with Crippen LogP contribution in [0, 0.1) is 12.8 Å². The molecule has 0 bridgehead atoms. The molecule has 0 saturated heterocycles. The van der Waals surface area contributed by atoms with Gasteiger partial charge in [0.15, 0.2) is 0 Å². The summed E-state index contributed by atoms with van der Waals surface area (Å²) in [5, 5.41) is 14.1. The van der Waals surface area contributed by atoms with Gasteiger partial charge in [0.1, 0.15) is 10.0 Å². The number of aromatic nitrogens is 2. The van der Waals surface area contributed by atoms with Gasteiger partial charge in [0.05, 0.1) is 0 Å². The van der Waals surface area contributed by atoms with Crippen LogP contribution >= 0.6 is 27.3 Å². The fourth-order valence-corrected chi connectivity index (χ4v) is 3.18. The van der Waals surface area contributed by atoms with Gasteiger partial charge in [-0.25, -0.2) is 0 Å². The first-order valence-electron chi connectivity index (χ1n) is 6.86. The largest absolute Gasteiger partial charge is 0.316 e. The van der Waals surface area contributed by atoms with E-state index in [1.807, 2.05) is 6.07 Å². The number of halogens is 1. The van der Waals surface area contributed by atoms with Crippen molar-refractivity contribution in [2.45, 2.75) is 27.2 Å². The number of nitrogens with zero attached hydrogens (tertiary/aromatic N) is 2. The average Bonchev–Trinajstić information content (AvgIpc) is 2.86. The quantitative estimate of drug-likeness (QED) is 0.795. The smallest absolute Gasteiger partial charge is 0.148 e. The monoisotopic (exact) mass is 353 g/mol. The molecule has 0 fully saturated rings. The minimum Gasteiger partial charge on any atom is -0.316 e. The predicted octanol–water partition coefficient (Wildman–Crippen LogP) is 4.06. The summed E-state index contributed by atoms with van der Waals surface area (Å²) in [4.78, 5) is 0. The van der Waals surface area contributed by atoms with Gasteiger partial charge in [0.2, 0.25) is 0 Å². The van der Waals surface area contributed by atoms with E-state index in [1.165, 1.54) is 11.1 Å². The third-order valence-corrected chi connectivity index (χ3v) is 4.91. The van der Waals surface area contributed by atoms with Crippen molar-refractivity contribution in [3.63, 3.8) is 0 Å². The van der Waals surface area contributed by atoms with Crippen molar-refractivity contribution in [1.29, 1.82) is 0 Å². The number of rotatable bonds is 6. The Morgan fingerprint density at radius 3 is 2.85 bits per heavy atom. The molecule has 20 heavy (non-hydrogen) atoms. The van der Waals surface area contributed by atoms with E-state index in [1.54, 1.807) is 11.3 Å². The van der Waals surface area contributed by atoms with Gasteiger partial charge in [0.25, 0.3) is 0 Å². The van der Waals surface area contributed by atoms with Crippen LogP contribution in [0.25, 0.3) is 10.6 Å². The third-order valence-electron chi connectivity index (χ3n) is 3.03. The van der Waals surface area contributed by atoms with E-state index < -0.39 is 0 Å². The molecular formula is C15H20BrN3S. The zero-order valence-electron chi connectivity index (χ0n) is 12.1. The van der Waals surface area contributed by atoms with Crippen molar-refractivity contribution in [3.8, 4) is 10.6 Å². The van der Waals surface area contributed by atoms with Gasteiger partial charge in [0, 0.05) is 23.0 Å². The van der Waals surface area contributed by atoms with Gasteiger partial charge >= 0.3 is 0 Å². The summed E-state index contributed by atoms with van der Waals surface area (Å²) < 4.78 is 1.12. The Hall–Kier alpha value is -0.780. The standard InChI is InChI=1S/C15H20BrN3S/c1-10(2)9-17-8-7-14-18-19-15(20-14)12-5-4-6-13(16)11(12)3/h4-6,10,17H,7-9H2,1-3H3. The Balaban J connectivity index is 2.00. The van der Waals surface area contributed by atoms with Crippen LogP contribution in [0.4, 0.5) is 0 Å². The van der Waals surface area contributed by atoms with Crippen molar-refractivity contribution in [1.82, 2.24) is 15.5 Å². The van der Waals surface area contributed by atoms with Crippen LogP contribution in [0.15, 0.2) is 22.7 Å². The van der Waals surface area contributed by atoms with Crippen LogP contribution in [0.2, 0.25) is 0 Å². The molecule has 0 amide bonds. The molecular weight excluding hydrogens is 334 g/mol. The molecule has 3 nitrogen and oxygen atoms in total. The van der Waals surface area contributed by atoms with Crippen LogP contribution < -0.4 is 5.32 Å². The number of benzene rings is 1. The van der Waals surface area contributed by atoms with Gasteiger partial charge in [-0.3, -0.25) is 0 Å². The lowest BCUT2D eigenvalue weighted by molar-refractivity contribution is 0.553. The van der Waals surface area contributed by atoms with Crippen molar-refractivity contribution in [3.05, 3.63) is 33.2 Å². The van der Waals surface area contributed by atoms with E-state index in [2.05, 4.69) is 64.3 Å². The summed E-state index contributed by atoms with van der Waals surface area (Å²) in [6, 6.07) is 6.19. The molecule has 0 aliphatic rings. The highest BCUT2D eigenvalue weighted by molar-refractivity contribution is 9.10. The highest BCUT2D eigenvalue weighted by Crippen LogP contribution is 2.30. The summed E-state index contributed by atoms with van der Waals surface area (Å²) in [5.74, 6) is 0.685. The molecule has 1 aromatic carbocycles. The number of hydrogen-bond acceptors (Lipinski definition) is 4. The normalized spacial score (nSPS) is 11.2. The maximum absolute atomic E-state index is 4.32. The molecule has 2 rings (SSSR count). The van der Waals surface area contributed by atoms with Crippen molar-refractivity contribution < 1.29 is 0 Å². The molecule has 1 N–H and O–H groups in total. The molecule has 0 unspecified atom stereocenters. The summed E-state index contributed by atoms with van der Waals surface area (Å²) in [5.41, 5.74) is 2.38. The lowest BCUT2D eigenvalue weighted by atomic mass is 10.1. The SMILES string of the molecule is Cc1c(Br)cccc1-c1nnc(CCNCC(C)C)s1. The number of nitrogens with one attached hydrogen (secondary N) is 1. The van der Waals surface area contributed by atoms with E-state index in [-0.39, 0.29) is 0 Å². The van der Waals surface area contributed by atoms with Crippen molar-refractivity contribution in [2.75, 3.05) is 13.1 Å². The topological polar surface area (TPSA) is 37.8 Å². The van der Waals surface area contributed by atoms with Gasteiger partial charge in [-0.2, -0.15) is 0 Å². The Morgan fingerprint density at radius 1 is 1.30 bits per heavy atom. The van der Waals surface area contributed by atoms with E-state index in [0.717, 1.165) is 34.0 Å². The highest BCUT2D eigenvalue weighted by Gasteiger charge is 2.10. The third kappa shape index (κ3) is 4.11. The Kier molecular flexibility index (Phi) is 5.69. The van der Waals surface area contributed by atoms with Gasteiger partial charge in [-0.15, -0.1) is 10.2 Å². The predicted molar refractivity (Wildman–Crippen MR) is 89.2 cm³/mol. The second-order valence-electron chi connectivity index (χ2n) is 5.26. The van der Waals surface area contributed by atoms with Crippen molar-refractivity contribution >= 4 is 27.3 Å². The maximum atomic E-state index is 4.32. The summed E-state index contributed by atoms with van der Waals surface area (Å²) in [7, 11) is 0. The van der Waals surface area contributed by atoms with Gasteiger partial charge < -0.3 is 5.32 Å². The van der Waals surface area contributed by atoms with Gasteiger partial charge in [-0.05, 0) is 31.0 Å². The minimum absolute atomic E-state index is 0.685. The summed E-state index contributed by atoms with van der Waals surface area (Å²) in [6.45, 7) is 8.55. The second kappa shape index (κ2) is 7.29. The molecule has 2 aromatic rings. The molecule has 0 spiro atoms. The minimum atomic E-state index is 0.685. The Bertz CT molecular complexity index is 566. The molecule has 0 saturated carbocycles. The van der Waals surface area contributed by atoms with Crippen LogP contribution in [-0.2, 0) is 6.42 Å². The average molecular weight is 354 g/mol. The van der Waals surface area contributed by atoms with Gasteiger partial charge in [-0.1, -0.05) is 53.2 Å². The molecule has 5 heteroatoms. The maximum Gasteiger partial charge on any atom is 0.148 e. The summed E-state index contributed by atoms with van der Waals surface area (Å²) in [6.07, 6.45) is 0.942. The molecule has 1 aromatic heterocycles. The first kappa shape index (κ1) is 15.6. The van der Waals surface area contributed by atoms with E-state index in [0.29, 0.717) is 5.92 Å². The van der Waals surface area contributed by atoms with Crippen LogP contribution in [0.1, 0.15) is 24.4 Å². The van der Waals surface area contributed by atoms with Crippen LogP contribution in [0.5, 0.6) is 0 Å². The fourth-order valence-electron chi connectivity index (χ4n) is 1.89. The lowest BCUT2D eigenvalue weighted by Crippen LogP contribution is -2.22. The van der Waals surface area contributed by atoms with E-state index in [9.17, 15) is 0 Å². The Morgan fingerprint density at radius 2 is 2.10 bits per heavy atom. The van der Waals surface area contributed by atoms with Crippen molar-refractivity contribution in [2.24, 2.45) is 5.92 Å². The highest BCUT2D eigenvalue weighted by atomic mass is 79.9. The fraction of sp³-hybridized carbons (Fsp3) is 0.467. The lowest BCUT2D eigenvalue weighted by Gasteiger charge is -2.05. The first-order valence-corrected chi connectivity index (χ1v) is 8.47. The second-order valence-corrected chi connectivity index (χ2v) is 7.18. The molecule has 0 aliphatic carbocycles. The molecule has 0 aliphatic heterocycles. The molecule has 0 radical (unpaired) electrons. The summed E-state index contributed by atoms with van der Waals surface area (Å²) >= 11 is 5.25. The van der Waals surface area contributed by atoms with Crippen LogP contribution in [-0.4, -0.2) is 23.3 Å². The zero-order chi connectivity index (χ0) is 14.5. The van der Waals surface area contributed by atoms with E-state index in [4.69, 9.17) is 0 Å². The Labute approximate surface area is 133 Å².